The van der Waals surface area contributed by atoms with Crippen molar-refractivity contribution in [3.8, 4) is 0 Å². The highest BCUT2D eigenvalue weighted by Gasteiger charge is 2.10. The molecule has 0 fully saturated rings. The highest BCUT2D eigenvalue weighted by Crippen LogP contribution is 2.14. The average molecular weight is 466 g/mol. The van der Waals surface area contributed by atoms with Gasteiger partial charge in [0.2, 0.25) is 5.82 Å². The maximum Gasteiger partial charge on any atom is 0.372 e. The number of aldehydes is 1. The third-order valence-electron chi connectivity index (χ3n) is 3.31. The van der Waals surface area contributed by atoms with Gasteiger partial charge < -0.3 is 5.11 Å². The zero-order valence-electron chi connectivity index (χ0n) is 12.5. The number of fused-ring (bicyclic) bond motifs is 2. The van der Waals surface area contributed by atoms with Crippen molar-refractivity contribution in [2.45, 2.75) is 0 Å². The normalized spacial score (nSPS) is 10.5. The minimum atomic E-state index is -1.03. The fourth-order valence-corrected chi connectivity index (χ4v) is 2.92. The fraction of sp³-hybridized carbons (Fsp3) is 0. The molecule has 0 amide bonds. The molecular weight excluding hydrogens is 456 g/mol. The number of carboxylic acid groups (broad SMARTS) is 1. The predicted octanol–water partition coefficient (Wildman–Crippen LogP) is 3.70. The molecule has 0 saturated carbocycles. The number of hydrogen-bond donors (Lipinski definition) is 1. The lowest BCUT2D eigenvalue weighted by molar-refractivity contribution is 0.0682. The zero-order valence-corrected chi connectivity index (χ0v) is 15.7. The van der Waals surface area contributed by atoms with E-state index in [2.05, 4.69) is 41.8 Å². The van der Waals surface area contributed by atoms with Crippen LogP contribution in [0.25, 0.3) is 11.0 Å². The molecule has 4 aromatic rings. The number of pyridine rings is 2. The quantitative estimate of drug-likeness (QED) is 0.456. The molecule has 0 aromatic carbocycles. The second-order valence-corrected chi connectivity index (χ2v) is 6.73. The van der Waals surface area contributed by atoms with Crippen LogP contribution >= 0.6 is 31.9 Å². The van der Waals surface area contributed by atoms with Crippen molar-refractivity contribution in [3.63, 3.8) is 0 Å². The van der Waals surface area contributed by atoms with Gasteiger partial charge >= 0.3 is 5.97 Å². The molecular formula is C16H10Br2N4O3. The van der Waals surface area contributed by atoms with E-state index in [1.807, 2.05) is 12.1 Å². The van der Waals surface area contributed by atoms with E-state index < -0.39 is 5.97 Å². The standard InChI is InChI=1S/C8H5BrN2O2.C8H5BrN2O/c9-5-1-2-11-6(3-5)4-10-7(11)8(12)13;9-6-1-2-11-7(3-6)4-10-8(11)5-12/h1-4H,(H,12,13);1-5H. The number of imidazole rings is 2. The van der Waals surface area contributed by atoms with Crippen LogP contribution in [0, 0.1) is 0 Å². The average Bonchev–Trinajstić information content (AvgIpc) is 3.18. The number of rotatable bonds is 2. The van der Waals surface area contributed by atoms with Crippen LogP contribution in [0.5, 0.6) is 0 Å². The van der Waals surface area contributed by atoms with E-state index in [0.29, 0.717) is 5.82 Å². The molecule has 0 spiro atoms. The summed E-state index contributed by atoms with van der Waals surface area (Å²) in [6.07, 6.45) is 7.38. The Morgan fingerprint density at radius 3 is 2.16 bits per heavy atom. The Labute approximate surface area is 158 Å². The predicted molar refractivity (Wildman–Crippen MR) is 98.1 cm³/mol. The van der Waals surface area contributed by atoms with Crippen molar-refractivity contribution in [1.29, 1.82) is 0 Å². The number of halogens is 2. The minimum Gasteiger partial charge on any atom is -0.475 e. The molecule has 4 rings (SSSR count). The van der Waals surface area contributed by atoms with Crippen LogP contribution in [0.1, 0.15) is 21.2 Å². The maximum atomic E-state index is 10.7. The fourth-order valence-electron chi connectivity index (χ4n) is 2.21. The van der Waals surface area contributed by atoms with Crippen LogP contribution in [0.2, 0.25) is 0 Å². The lowest BCUT2D eigenvalue weighted by atomic mass is 10.4. The molecule has 0 aliphatic heterocycles. The highest BCUT2D eigenvalue weighted by atomic mass is 79.9. The number of carbonyl (C=O) groups excluding carboxylic acids is 1. The molecule has 0 aliphatic rings. The molecule has 0 saturated heterocycles. The largest absolute Gasteiger partial charge is 0.475 e. The first-order valence-electron chi connectivity index (χ1n) is 6.93. The molecule has 7 nitrogen and oxygen atoms in total. The molecule has 1 N–H and O–H groups in total. The molecule has 9 heteroatoms. The summed E-state index contributed by atoms with van der Waals surface area (Å²) in [5.74, 6) is -0.567. The summed E-state index contributed by atoms with van der Waals surface area (Å²) >= 11 is 6.62. The van der Waals surface area contributed by atoms with Crippen LogP contribution in [-0.2, 0) is 0 Å². The number of nitrogens with zero attached hydrogens (tertiary/aromatic N) is 4. The van der Waals surface area contributed by atoms with E-state index >= 15 is 0 Å². The van der Waals surface area contributed by atoms with Gasteiger partial charge in [-0.1, -0.05) is 31.9 Å². The van der Waals surface area contributed by atoms with Gasteiger partial charge in [0.1, 0.15) is 0 Å². The van der Waals surface area contributed by atoms with E-state index in [1.54, 1.807) is 35.1 Å². The summed E-state index contributed by atoms with van der Waals surface area (Å²) in [6.45, 7) is 0. The van der Waals surface area contributed by atoms with Crippen molar-refractivity contribution in [2.24, 2.45) is 0 Å². The third-order valence-corrected chi connectivity index (χ3v) is 4.30. The van der Waals surface area contributed by atoms with E-state index in [1.165, 1.54) is 10.6 Å². The van der Waals surface area contributed by atoms with E-state index in [4.69, 9.17) is 5.11 Å². The summed E-state index contributed by atoms with van der Waals surface area (Å²) < 4.78 is 5.13. The van der Waals surface area contributed by atoms with Crippen molar-refractivity contribution in [3.05, 3.63) is 69.6 Å². The summed E-state index contributed by atoms with van der Waals surface area (Å²) in [7, 11) is 0. The molecule has 4 heterocycles. The van der Waals surface area contributed by atoms with Gasteiger partial charge in [0.15, 0.2) is 12.1 Å². The number of carbonyl (C=O) groups is 2. The van der Waals surface area contributed by atoms with E-state index in [0.717, 1.165) is 26.3 Å². The van der Waals surface area contributed by atoms with Gasteiger partial charge in [-0.2, -0.15) is 0 Å². The van der Waals surface area contributed by atoms with Crippen LogP contribution in [0.4, 0.5) is 0 Å². The van der Waals surface area contributed by atoms with Gasteiger partial charge in [-0.25, -0.2) is 14.8 Å². The number of hydrogen-bond acceptors (Lipinski definition) is 4. The first-order chi connectivity index (χ1) is 12.0. The Morgan fingerprint density at radius 2 is 1.56 bits per heavy atom. The monoisotopic (exact) mass is 464 g/mol. The molecule has 0 bridgehead atoms. The minimum absolute atomic E-state index is 0.0301. The molecule has 0 radical (unpaired) electrons. The molecule has 25 heavy (non-hydrogen) atoms. The molecule has 126 valence electrons. The van der Waals surface area contributed by atoms with E-state index in [-0.39, 0.29) is 5.82 Å². The molecule has 4 aromatic heterocycles. The molecule has 0 aliphatic carbocycles. The lowest BCUT2D eigenvalue weighted by Crippen LogP contribution is -2.02. The molecule has 0 unspecified atom stereocenters. The summed E-state index contributed by atoms with van der Waals surface area (Å²) in [5.41, 5.74) is 1.67. The highest BCUT2D eigenvalue weighted by molar-refractivity contribution is 9.10. The maximum absolute atomic E-state index is 10.7. The summed E-state index contributed by atoms with van der Waals surface area (Å²) in [5, 5.41) is 8.75. The molecule has 0 atom stereocenters. The van der Waals surface area contributed by atoms with Gasteiger partial charge in [-0.3, -0.25) is 13.6 Å². The third kappa shape index (κ3) is 3.62. The summed E-state index contributed by atoms with van der Waals surface area (Å²) in [6, 6.07) is 7.34. The van der Waals surface area contributed by atoms with Gasteiger partial charge in [-0.05, 0) is 24.3 Å². The Hall–Kier alpha value is -2.52. The zero-order chi connectivity index (χ0) is 18.0. The lowest BCUT2D eigenvalue weighted by Gasteiger charge is -1.96. The van der Waals surface area contributed by atoms with Crippen molar-refractivity contribution in [2.75, 3.05) is 0 Å². The number of aromatic carboxylic acids is 1. The summed E-state index contributed by atoms with van der Waals surface area (Å²) in [4.78, 5) is 28.8. The van der Waals surface area contributed by atoms with Crippen LogP contribution in [-0.4, -0.2) is 36.1 Å². The Bertz CT molecular complexity index is 1090. The van der Waals surface area contributed by atoms with Gasteiger partial charge in [-0.15, -0.1) is 0 Å². The van der Waals surface area contributed by atoms with Crippen molar-refractivity contribution < 1.29 is 14.7 Å². The van der Waals surface area contributed by atoms with Crippen LogP contribution in [0.15, 0.2) is 58.0 Å². The van der Waals surface area contributed by atoms with Crippen LogP contribution < -0.4 is 0 Å². The smallest absolute Gasteiger partial charge is 0.372 e. The van der Waals surface area contributed by atoms with Gasteiger partial charge in [0.25, 0.3) is 0 Å². The Kier molecular flexibility index (Phi) is 4.95. The Morgan fingerprint density at radius 1 is 1.00 bits per heavy atom. The first kappa shape index (κ1) is 17.3. The van der Waals surface area contributed by atoms with Crippen molar-refractivity contribution >= 4 is 55.1 Å². The van der Waals surface area contributed by atoms with Gasteiger partial charge in [0, 0.05) is 21.3 Å². The van der Waals surface area contributed by atoms with Crippen molar-refractivity contribution in [1.82, 2.24) is 18.8 Å². The number of carboxylic acids is 1. The topological polar surface area (TPSA) is 89.0 Å². The van der Waals surface area contributed by atoms with Gasteiger partial charge in [0.05, 0.1) is 23.4 Å². The first-order valence-corrected chi connectivity index (χ1v) is 8.52. The Balaban J connectivity index is 0.000000146. The van der Waals surface area contributed by atoms with E-state index in [9.17, 15) is 9.59 Å². The second kappa shape index (κ2) is 7.16. The van der Waals surface area contributed by atoms with Crippen LogP contribution in [0.3, 0.4) is 0 Å². The second-order valence-electron chi connectivity index (χ2n) is 4.90. The SMILES string of the molecule is O=C(O)c1ncc2cc(Br)ccn12.O=Cc1ncc2cc(Br)ccn12. The number of aromatic nitrogens is 4.